The van der Waals surface area contributed by atoms with Crippen molar-refractivity contribution >= 4 is 15.9 Å². The molecular weight excluding hydrogens is 242 g/mol. The molecule has 0 aromatic heterocycles. The summed E-state index contributed by atoms with van der Waals surface area (Å²) in [6, 6.07) is 8.20. The maximum absolute atomic E-state index is 5.52. The van der Waals surface area contributed by atoms with Gasteiger partial charge in [-0.2, -0.15) is 0 Å². The maximum Gasteiger partial charge on any atom is 0.0717 e. The second-order valence-corrected chi connectivity index (χ2v) is 4.06. The number of rotatable bonds is 6. The first-order valence-electron chi connectivity index (χ1n) is 4.79. The van der Waals surface area contributed by atoms with Crippen LogP contribution in [0.15, 0.2) is 28.7 Å². The molecule has 0 fully saturated rings. The molecule has 0 unspecified atom stereocenters. The van der Waals surface area contributed by atoms with Crippen LogP contribution in [0.2, 0.25) is 0 Å². The molecular formula is C11H16BrNO. The van der Waals surface area contributed by atoms with Crippen molar-refractivity contribution in [2.24, 2.45) is 0 Å². The molecule has 1 aromatic rings. The van der Waals surface area contributed by atoms with E-state index in [0.29, 0.717) is 6.61 Å². The second-order valence-electron chi connectivity index (χ2n) is 3.14. The van der Waals surface area contributed by atoms with Crippen LogP contribution in [0.25, 0.3) is 0 Å². The average molecular weight is 258 g/mol. The molecule has 0 saturated carbocycles. The lowest BCUT2D eigenvalue weighted by molar-refractivity contribution is 0.119. The van der Waals surface area contributed by atoms with E-state index in [1.165, 1.54) is 5.56 Å². The SMILES string of the molecule is CNCCCOCc1cccc(Br)c1. The van der Waals surface area contributed by atoms with E-state index in [0.717, 1.165) is 24.0 Å². The lowest BCUT2D eigenvalue weighted by atomic mass is 10.2. The summed E-state index contributed by atoms with van der Waals surface area (Å²) in [4.78, 5) is 0. The van der Waals surface area contributed by atoms with Crippen molar-refractivity contribution in [1.82, 2.24) is 5.32 Å². The zero-order valence-electron chi connectivity index (χ0n) is 8.42. The molecule has 0 heterocycles. The quantitative estimate of drug-likeness (QED) is 0.792. The van der Waals surface area contributed by atoms with Crippen molar-refractivity contribution in [2.75, 3.05) is 20.2 Å². The smallest absolute Gasteiger partial charge is 0.0717 e. The summed E-state index contributed by atoms with van der Waals surface area (Å²) in [6.45, 7) is 2.52. The monoisotopic (exact) mass is 257 g/mol. The zero-order valence-corrected chi connectivity index (χ0v) is 10.0. The minimum Gasteiger partial charge on any atom is -0.377 e. The molecule has 0 amide bonds. The van der Waals surface area contributed by atoms with Crippen molar-refractivity contribution in [1.29, 1.82) is 0 Å². The van der Waals surface area contributed by atoms with Crippen LogP contribution in [0.5, 0.6) is 0 Å². The van der Waals surface area contributed by atoms with E-state index in [1.807, 2.05) is 19.2 Å². The summed E-state index contributed by atoms with van der Waals surface area (Å²) in [7, 11) is 1.95. The fraction of sp³-hybridized carbons (Fsp3) is 0.455. The van der Waals surface area contributed by atoms with E-state index >= 15 is 0 Å². The Morgan fingerprint density at radius 2 is 2.29 bits per heavy atom. The van der Waals surface area contributed by atoms with Crippen molar-refractivity contribution in [3.8, 4) is 0 Å². The highest BCUT2D eigenvalue weighted by Crippen LogP contribution is 2.12. The third-order valence-corrected chi connectivity index (χ3v) is 2.37. The molecule has 2 nitrogen and oxygen atoms in total. The highest BCUT2D eigenvalue weighted by atomic mass is 79.9. The predicted molar refractivity (Wildman–Crippen MR) is 62.3 cm³/mol. The molecule has 0 spiro atoms. The van der Waals surface area contributed by atoms with Gasteiger partial charge in [0.15, 0.2) is 0 Å². The minimum atomic E-state index is 0.698. The van der Waals surface area contributed by atoms with E-state index in [2.05, 4.69) is 33.4 Å². The average Bonchev–Trinajstić information content (AvgIpc) is 2.18. The second kappa shape index (κ2) is 6.98. The van der Waals surface area contributed by atoms with Gasteiger partial charge in [-0.3, -0.25) is 0 Å². The number of ether oxygens (including phenoxy) is 1. The Morgan fingerprint density at radius 3 is 3.00 bits per heavy atom. The van der Waals surface area contributed by atoms with Crippen molar-refractivity contribution in [2.45, 2.75) is 13.0 Å². The number of benzene rings is 1. The van der Waals surface area contributed by atoms with Gasteiger partial charge in [0.2, 0.25) is 0 Å². The van der Waals surface area contributed by atoms with Crippen molar-refractivity contribution < 1.29 is 4.74 Å². The normalized spacial score (nSPS) is 10.4. The number of hydrogen-bond donors (Lipinski definition) is 1. The molecule has 0 radical (unpaired) electrons. The van der Waals surface area contributed by atoms with E-state index < -0.39 is 0 Å². The largest absolute Gasteiger partial charge is 0.377 e. The van der Waals surface area contributed by atoms with Gasteiger partial charge in [0, 0.05) is 11.1 Å². The topological polar surface area (TPSA) is 21.3 Å². The summed E-state index contributed by atoms with van der Waals surface area (Å²) in [5.41, 5.74) is 1.21. The van der Waals surface area contributed by atoms with Gasteiger partial charge >= 0.3 is 0 Å². The molecule has 0 bridgehead atoms. The van der Waals surface area contributed by atoms with Crippen LogP contribution in [0.4, 0.5) is 0 Å². The van der Waals surface area contributed by atoms with Gasteiger partial charge in [-0.1, -0.05) is 28.1 Å². The van der Waals surface area contributed by atoms with Gasteiger partial charge in [-0.05, 0) is 37.7 Å². The van der Waals surface area contributed by atoms with Crippen LogP contribution in [0.1, 0.15) is 12.0 Å². The third-order valence-electron chi connectivity index (χ3n) is 1.87. The number of halogens is 1. The van der Waals surface area contributed by atoms with Gasteiger partial charge in [0.25, 0.3) is 0 Å². The summed E-state index contributed by atoms with van der Waals surface area (Å²) in [5, 5.41) is 3.09. The molecule has 0 saturated heterocycles. The summed E-state index contributed by atoms with van der Waals surface area (Å²) >= 11 is 3.43. The van der Waals surface area contributed by atoms with E-state index in [-0.39, 0.29) is 0 Å². The number of hydrogen-bond acceptors (Lipinski definition) is 2. The molecule has 0 aliphatic heterocycles. The van der Waals surface area contributed by atoms with Crippen LogP contribution in [-0.2, 0) is 11.3 Å². The van der Waals surface area contributed by atoms with Gasteiger partial charge in [0.05, 0.1) is 6.61 Å². The minimum absolute atomic E-state index is 0.698. The Kier molecular flexibility index (Phi) is 5.83. The highest BCUT2D eigenvalue weighted by molar-refractivity contribution is 9.10. The van der Waals surface area contributed by atoms with Crippen LogP contribution >= 0.6 is 15.9 Å². The first-order chi connectivity index (χ1) is 6.83. The maximum atomic E-state index is 5.52. The Bertz CT molecular complexity index is 265. The van der Waals surface area contributed by atoms with Crippen molar-refractivity contribution in [3.63, 3.8) is 0 Å². The van der Waals surface area contributed by atoms with Crippen LogP contribution in [-0.4, -0.2) is 20.2 Å². The van der Waals surface area contributed by atoms with Gasteiger partial charge in [-0.25, -0.2) is 0 Å². The summed E-state index contributed by atoms with van der Waals surface area (Å²) in [5.74, 6) is 0. The lowest BCUT2D eigenvalue weighted by Crippen LogP contribution is -2.10. The molecule has 1 rings (SSSR count). The van der Waals surface area contributed by atoms with E-state index in [1.54, 1.807) is 0 Å². The fourth-order valence-corrected chi connectivity index (χ4v) is 1.61. The first-order valence-corrected chi connectivity index (χ1v) is 5.59. The molecule has 0 aliphatic carbocycles. The molecule has 0 aliphatic rings. The highest BCUT2D eigenvalue weighted by Gasteiger charge is 1.93. The molecule has 1 N–H and O–H groups in total. The lowest BCUT2D eigenvalue weighted by Gasteiger charge is -2.04. The standard InChI is InChI=1S/C11H16BrNO/c1-13-6-3-7-14-9-10-4-2-5-11(12)8-10/h2,4-5,8,13H,3,6-7,9H2,1H3. The Labute approximate surface area is 93.8 Å². The number of nitrogens with one attached hydrogen (secondary N) is 1. The Hall–Kier alpha value is -0.380. The summed E-state index contributed by atoms with van der Waals surface area (Å²) < 4.78 is 6.62. The fourth-order valence-electron chi connectivity index (χ4n) is 1.17. The zero-order chi connectivity index (χ0) is 10.2. The molecule has 1 aromatic carbocycles. The van der Waals surface area contributed by atoms with Crippen LogP contribution in [0, 0.1) is 0 Å². The molecule has 3 heteroatoms. The van der Waals surface area contributed by atoms with Crippen molar-refractivity contribution in [3.05, 3.63) is 34.3 Å². The molecule has 0 atom stereocenters. The van der Waals surface area contributed by atoms with Gasteiger partial charge in [0.1, 0.15) is 0 Å². The Morgan fingerprint density at radius 1 is 1.43 bits per heavy atom. The van der Waals surface area contributed by atoms with Gasteiger partial charge in [-0.15, -0.1) is 0 Å². The Balaban J connectivity index is 2.18. The molecule has 14 heavy (non-hydrogen) atoms. The summed E-state index contributed by atoms with van der Waals surface area (Å²) in [6.07, 6.45) is 1.06. The van der Waals surface area contributed by atoms with Crippen LogP contribution in [0.3, 0.4) is 0 Å². The predicted octanol–water partition coefficient (Wildman–Crippen LogP) is 2.58. The van der Waals surface area contributed by atoms with Gasteiger partial charge < -0.3 is 10.1 Å². The van der Waals surface area contributed by atoms with Crippen LogP contribution < -0.4 is 5.32 Å². The third kappa shape index (κ3) is 4.74. The molecule has 78 valence electrons. The van der Waals surface area contributed by atoms with E-state index in [4.69, 9.17) is 4.74 Å². The first kappa shape index (κ1) is 11.7. The van der Waals surface area contributed by atoms with E-state index in [9.17, 15) is 0 Å².